The van der Waals surface area contributed by atoms with Crippen LogP contribution in [-0.2, 0) is 25.6 Å². The van der Waals surface area contributed by atoms with Gasteiger partial charge >= 0.3 is 11.9 Å². The molecule has 3 rings (SSSR count). The van der Waals surface area contributed by atoms with Crippen LogP contribution in [0.2, 0.25) is 0 Å². The zero-order chi connectivity index (χ0) is 37.0. The molecule has 0 bridgehead atoms. The number of carbonyl (C=O) groups excluding carboxylic acids is 4. The van der Waals surface area contributed by atoms with Crippen LogP contribution in [0, 0.1) is 23.5 Å². The largest absolute Gasteiger partial charge is 0.494 e. The standard InChI is InChI=1S/C33H36F2N4O11/c1-3-23(31(45)38-48)24(8-6-18-5-7-21(34)14-25(18)35)30(44)36-17-37-32(46)27-10-9-26(50-27)19-11-20(13-22(12-19)49-4-2)33(47)39(15-28(40)41)16-29(42)43/h5,7,9-14,23-24,48H,3-4,6,8,15-17H2,1-2H3,(H,36,44)(H,37,46)(H,38,45)(H,40,41)(H,42,43)/t23-,24-/m1/s1. The lowest BCUT2D eigenvalue weighted by Gasteiger charge is -2.24. The summed E-state index contributed by atoms with van der Waals surface area (Å²) in [4.78, 5) is 74.6. The van der Waals surface area contributed by atoms with Crippen LogP contribution in [0.4, 0.5) is 8.78 Å². The molecular formula is C33H36F2N4O11. The van der Waals surface area contributed by atoms with Crippen molar-refractivity contribution in [3.63, 3.8) is 0 Å². The van der Waals surface area contributed by atoms with Gasteiger partial charge in [-0.05, 0) is 68.1 Å². The van der Waals surface area contributed by atoms with Crippen molar-refractivity contribution in [2.45, 2.75) is 33.1 Å². The van der Waals surface area contributed by atoms with Crippen molar-refractivity contribution in [2.75, 3.05) is 26.4 Å². The summed E-state index contributed by atoms with van der Waals surface area (Å²) in [5, 5.41) is 32.4. The van der Waals surface area contributed by atoms with Gasteiger partial charge < -0.3 is 34.9 Å². The van der Waals surface area contributed by atoms with Gasteiger partial charge in [-0.15, -0.1) is 0 Å². The summed E-state index contributed by atoms with van der Waals surface area (Å²) >= 11 is 0. The normalized spacial score (nSPS) is 11.9. The van der Waals surface area contributed by atoms with E-state index in [0.717, 1.165) is 6.07 Å². The summed E-state index contributed by atoms with van der Waals surface area (Å²) in [7, 11) is 0. The number of furan rings is 1. The van der Waals surface area contributed by atoms with Crippen molar-refractivity contribution in [1.82, 2.24) is 21.0 Å². The number of aryl methyl sites for hydroxylation is 1. The Balaban J connectivity index is 1.74. The lowest BCUT2D eigenvalue weighted by Crippen LogP contribution is -2.45. The molecule has 0 aliphatic heterocycles. The number of hydrogen-bond acceptors (Lipinski definition) is 9. The van der Waals surface area contributed by atoms with Crippen LogP contribution in [0.5, 0.6) is 5.75 Å². The minimum absolute atomic E-state index is 0.0318. The number of hydroxylamine groups is 1. The molecule has 0 aliphatic rings. The molecule has 50 heavy (non-hydrogen) atoms. The molecule has 4 amide bonds. The molecule has 1 aromatic heterocycles. The van der Waals surface area contributed by atoms with Gasteiger partial charge in [0.15, 0.2) is 5.76 Å². The highest BCUT2D eigenvalue weighted by Crippen LogP contribution is 2.29. The summed E-state index contributed by atoms with van der Waals surface area (Å²) < 4.78 is 38.7. The van der Waals surface area contributed by atoms with Crippen molar-refractivity contribution in [2.24, 2.45) is 11.8 Å². The van der Waals surface area contributed by atoms with Crippen LogP contribution in [0.3, 0.4) is 0 Å². The van der Waals surface area contributed by atoms with E-state index in [1.165, 1.54) is 41.9 Å². The van der Waals surface area contributed by atoms with Crippen molar-refractivity contribution in [1.29, 1.82) is 0 Å². The quantitative estimate of drug-likeness (QED) is 0.0642. The Morgan fingerprint density at radius 3 is 2.18 bits per heavy atom. The van der Waals surface area contributed by atoms with E-state index < -0.39 is 78.8 Å². The maximum absolute atomic E-state index is 14.2. The van der Waals surface area contributed by atoms with Crippen LogP contribution in [0.25, 0.3) is 11.3 Å². The number of carboxylic acids is 2. The van der Waals surface area contributed by atoms with E-state index in [2.05, 4.69) is 10.6 Å². The van der Waals surface area contributed by atoms with Gasteiger partial charge in [0.1, 0.15) is 36.2 Å². The minimum atomic E-state index is -1.42. The fraction of sp³-hybridized carbons (Fsp3) is 0.333. The fourth-order valence-electron chi connectivity index (χ4n) is 5.15. The molecule has 0 saturated heterocycles. The van der Waals surface area contributed by atoms with E-state index >= 15 is 0 Å². The first-order chi connectivity index (χ1) is 23.8. The number of benzene rings is 2. The fourth-order valence-corrected chi connectivity index (χ4v) is 5.15. The molecule has 17 heteroatoms. The van der Waals surface area contributed by atoms with Gasteiger partial charge in [-0.25, -0.2) is 14.3 Å². The summed E-state index contributed by atoms with van der Waals surface area (Å²) in [6.45, 7) is 1.31. The van der Waals surface area contributed by atoms with Gasteiger partial charge in [0.2, 0.25) is 11.8 Å². The van der Waals surface area contributed by atoms with Gasteiger partial charge in [-0.2, -0.15) is 0 Å². The molecule has 1 heterocycles. The van der Waals surface area contributed by atoms with Crippen LogP contribution in [-0.4, -0.2) is 82.3 Å². The molecule has 6 N–H and O–H groups in total. The second kappa shape index (κ2) is 18.1. The monoisotopic (exact) mass is 702 g/mol. The van der Waals surface area contributed by atoms with Crippen LogP contribution in [0.1, 0.15) is 53.2 Å². The van der Waals surface area contributed by atoms with E-state index in [9.17, 15) is 42.8 Å². The van der Waals surface area contributed by atoms with Crippen LogP contribution >= 0.6 is 0 Å². The Hall–Kier alpha value is -5.84. The van der Waals surface area contributed by atoms with Crippen molar-refractivity contribution in [3.8, 4) is 17.1 Å². The number of ether oxygens (including phenoxy) is 1. The first-order valence-electron chi connectivity index (χ1n) is 15.3. The summed E-state index contributed by atoms with van der Waals surface area (Å²) in [6, 6.07) is 9.81. The highest BCUT2D eigenvalue weighted by atomic mass is 19.1. The Bertz CT molecular complexity index is 1710. The molecule has 0 unspecified atom stereocenters. The molecule has 0 radical (unpaired) electrons. The highest BCUT2D eigenvalue weighted by molar-refractivity contribution is 5.99. The zero-order valence-corrected chi connectivity index (χ0v) is 27.0. The smallest absolute Gasteiger partial charge is 0.323 e. The molecule has 2 aromatic carbocycles. The third kappa shape index (κ3) is 10.6. The number of nitrogens with zero attached hydrogens (tertiary/aromatic N) is 1. The summed E-state index contributed by atoms with van der Waals surface area (Å²) in [5.41, 5.74) is 1.78. The minimum Gasteiger partial charge on any atom is -0.494 e. The number of amides is 4. The second-order valence-electron chi connectivity index (χ2n) is 10.9. The van der Waals surface area contributed by atoms with E-state index in [1.807, 2.05) is 0 Å². The van der Waals surface area contributed by atoms with Crippen LogP contribution < -0.4 is 20.9 Å². The third-order valence-corrected chi connectivity index (χ3v) is 7.48. The average molecular weight is 703 g/mol. The number of carboxylic acid groups (broad SMARTS) is 2. The van der Waals surface area contributed by atoms with E-state index in [1.54, 1.807) is 13.8 Å². The maximum atomic E-state index is 14.2. The second-order valence-corrected chi connectivity index (χ2v) is 10.9. The van der Waals surface area contributed by atoms with Crippen molar-refractivity contribution >= 4 is 35.6 Å². The van der Waals surface area contributed by atoms with Gasteiger partial charge in [0.05, 0.1) is 19.2 Å². The molecule has 0 aliphatic carbocycles. The van der Waals surface area contributed by atoms with Gasteiger partial charge in [-0.1, -0.05) is 13.0 Å². The first kappa shape index (κ1) is 38.6. The molecule has 0 saturated carbocycles. The van der Waals surface area contributed by atoms with Crippen molar-refractivity contribution < 1.29 is 62.1 Å². The third-order valence-electron chi connectivity index (χ3n) is 7.48. The number of halogens is 2. The van der Waals surface area contributed by atoms with Crippen LogP contribution in [0.15, 0.2) is 52.9 Å². The van der Waals surface area contributed by atoms with E-state index in [0.29, 0.717) is 11.0 Å². The Kier molecular flexibility index (Phi) is 14.0. The Morgan fingerprint density at radius 2 is 1.58 bits per heavy atom. The zero-order valence-electron chi connectivity index (χ0n) is 27.0. The summed E-state index contributed by atoms with van der Waals surface area (Å²) in [6.07, 6.45) is 0.0498. The topological polar surface area (TPSA) is 225 Å². The number of nitrogens with one attached hydrogen (secondary N) is 3. The molecule has 3 aromatic rings. The lowest BCUT2D eigenvalue weighted by atomic mass is 9.84. The predicted molar refractivity (Wildman–Crippen MR) is 169 cm³/mol. The molecular weight excluding hydrogens is 666 g/mol. The molecule has 268 valence electrons. The Labute approximate surface area is 284 Å². The molecule has 0 spiro atoms. The van der Waals surface area contributed by atoms with Gasteiger partial charge in [0, 0.05) is 23.1 Å². The summed E-state index contributed by atoms with van der Waals surface area (Å²) in [5.74, 6) is -9.66. The average Bonchev–Trinajstić information content (AvgIpc) is 3.57. The van der Waals surface area contributed by atoms with Gasteiger partial charge in [-0.3, -0.25) is 34.0 Å². The Morgan fingerprint density at radius 1 is 0.880 bits per heavy atom. The SMILES string of the molecule is CCOc1cc(C(=O)N(CC(=O)O)CC(=O)O)cc(-c2ccc(C(=O)NCNC(=O)[C@H](CCc3ccc(F)cc3F)[C@@H](CC)C(=O)NO)o2)c1. The molecule has 15 nitrogen and oxygen atoms in total. The maximum Gasteiger partial charge on any atom is 0.323 e. The highest BCUT2D eigenvalue weighted by Gasteiger charge is 2.32. The molecule has 2 atom stereocenters. The molecule has 0 fully saturated rings. The number of aliphatic carboxylic acids is 2. The van der Waals surface area contributed by atoms with E-state index in [-0.39, 0.29) is 59.8 Å². The van der Waals surface area contributed by atoms with E-state index in [4.69, 9.17) is 19.4 Å². The van der Waals surface area contributed by atoms with Gasteiger partial charge in [0.25, 0.3) is 11.8 Å². The number of hydrogen-bond donors (Lipinski definition) is 6. The van der Waals surface area contributed by atoms with Crippen molar-refractivity contribution in [3.05, 3.63) is 77.1 Å². The first-order valence-corrected chi connectivity index (χ1v) is 15.3. The number of carbonyl (C=O) groups is 6. The predicted octanol–water partition coefficient (Wildman–Crippen LogP) is 2.82. The number of rotatable bonds is 18. The lowest BCUT2D eigenvalue weighted by molar-refractivity contribution is -0.141.